The first kappa shape index (κ1) is 21.1. The number of hydrogen-bond donors (Lipinski definition) is 2. The molecular formula is C21H29N3O5. The van der Waals surface area contributed by atoms with Crippen molar-refractivity contribution in [2.45, 2.75) is 45.1 Å². The van der Waals surface area contributed by atoms with Gasteiger partial charge >= 0.3 is 6.03 Å². The van der Waals surface area contributed by atoms with Crippen LogP contribution in [0, 0.1) is 12.8 Å². The molecule has 8 nitrogen and oxygen atoms in total. The summed E-state index contributed by atoms with van der Waals surface area (Å²) < 4.78 is 10.7. The van der Waals surface area contributed by atoms with Crippen LogP contribution >= 0.6 is 0 Å². The fraction of sp³-hybridized carbons (Fsp3) is 0.571. The summed E-state index contributed by atoms with van der Waals surface area (Å²) in [5.74, 6) is 0.311. The fourth-order valence-corrected chi connectivity index (χ4v) is 3.83. The number of aryl methyl sites for hydroxylation is 1. The molecule has 29 heavy (non-hydrogen) atoms. The van der Waals surface area contributed by atoms with Gasteiger partial charge in [0.2, 0.25) is 5.91 Å². The van der Waals surface area contributed by atoms with Crippen molar-refractivity contribution < 1.29 is 23.9 Å². The van der Waals surface area contributed by atoms with Crippen molar-refractivity contribution in [1.82, 2.24) is 10.2 Å². The molecule has 158 valence electrons. The van der Waals surface area contributed by atoms with Gasteiger partial charge in [-0.05, 0) is 56.2 Å². The van der Waals surface area contributed by atoms with Gasteiger partial charge in [-0.1, -0.05) is 13.0 Å². The predicted octanol–water partition coefficient (Wildman–Crippen LogP) is 2.46. The summed E-state index contributed by atoms with van der Waals surface area (Å²) in [7, 11) is 1.58. The van der Waals surface area contributed by atoms with E-state index in [0.29, 0.717) is 43.4 Å². The van der Waals surface area contributed by atoms with E-state index in [-0.39, 0.29) is 12.5 Å². The molecule has 1 heterocycles. The van der Waals surface area contributed by atoms with Gasteiger partial charge in [0, 0.05) is 7.11 Å². The number of rotatable bonds is 7. The normalized spacial score (nSPS) is 24.0. The van der Waals surface area contributed by atoms with Gasteiger partial charge < -0.3 is 20.1 Å². The molecule has 2 fully saturated rings. The van der Waals surface area contributed by atoms with Crippen molar-refractivity contribution in [2.75, 3.05) is 32.2 Å². The van der Waals surface area contributed by atoms with Crippen molar-refractivity contribution in [3.05, 3.63) is 23.8 Å². The van der Waals surface area contributed by atoms with E-state index in [4.69, 9.17) is 9.47 Å². The van der Waals surface area contributed by atoms with Crippen molar-refractivity contribution >= 4 is 23.5 Å². The zero-order valence-electron chi connectivity index (χ0n) is 17.2. The largest absolute Gasteiger partial charge is 0.489 e. The Bertz CT molecular complexity index is 787. The lowest BCUT2D eigenvalue weighted by Crippen LogP contribution is -2.49. The first-order valence-electron chi connectivity index (χ1n) is 10.0. The van der Waals surface area contributed by atoms with Crippen molar-refractivity contribution in [2.24, 2.45) is 5.92 Å². The molecule has 0 aromatic heterocycles. The second kappa shape index (κ2) is 8.82. The maximum absolute atomic E-state index is 12.9. The van der Waals surface area contributed by atoms with E-state index in [9.17, 15) is 14.4 Å². The second-order valence-corrected chi connectivity index (χ2v) is 7.98. The zero-order chi connectivity index (χ0) is 21.0. The highest BCUT2D eigenvalue weighted by Crippen LogP contribution is 2.36. The Labute approximate surface area is 170 Å². The Balaban J connectivity index is 1.65. The molecule has 1 saturated carbocycles. The number of carbonyl (C=O) groups excluding carboxylic acids is 3. The number of carbonyl (C=O) groups is 3. The maximum Gasteiger partial charge on any atom is 0.325 e. The van der Waals surface area contributed by atoms with Crippen LogP contribution in [-0.4, -0.2) is 55.2 Å². The highest BCUT2D eigenvalue weighted by molar-refractivity contribution is 6.10. The highest BCUT2D eigenvalue weighted by atomic mass is 16.5. The van der Waals surface area contributed by atoms with E-state index in [2.05, 4.69) is 17.6 Å². The average molecular weight is 403 g/mol. The van der Waals surface area contributed by atoms with Crippen LogP contribution in [0.25, 0.3) is 0 Å². The minimum Gasteiger partial charge on any atom is -0.489 e. The standard InChI is InChI=1S/C21H29N3O5/c1-14-6-8-21(9-7-14)19(26)24(20(27)23-21)13-18(25)22-16-5-4-15(2)12-17(16)29-11-10-28-3/h4-5,12,14H,6-11,13H2,1-3H3,(H,22,25)(H,23,27). The topological polar surface area (TPSA) is 97.0 Å². The van der Waals surface area contributed by atoms with Gasteiger partial charge in [-0.15, -0.1) is 0 Å². The third-order valence-electron chi connectivity index (χ3n) is 5.63. The molecule has 0 bridgehead atoms. The Morgan fingerprint density at radius 1 is 1.28 bits per heavy atom. The van der Waals surface area contributed by atoms with Crippen LogP contribution in [0.3, 0.4) is 0 Å². The number of benzene rings is 1. The van der Waals surface area contributed by atoms with Gasteiger partial charge in [0.25, 0.3) is 5.91 Å². The van der Waals surface area contributed by atoms with Gasteiger partial charge in [0.15, 0.2) is 0 Å². The van der Waals surface area contributed by atoms with Gasteiger partial charge in [-0.25, -0.2) is 4.79 Å². The molecule has 1 aromatic rings. The van der Waals surface area contributed by atoms with Crippen LogP contribution in [0.5, 0.6) is 5.75 Å². The third kappa shape index (κ3) is 4.70. The van der Waals surface area contributed by atoms with Crippen LogP contribution < -0.4 is 15.4 Å². The third-order valence-corrected chi connectivity index (χ3v) is 5.63. The van der Waals surface area contributed by atoms with Crippen LogP contribution in [0.4, 0.5) is 10.5 Å². The molecule has 0 atom stereocenters. The van der Waals surface area contributed by atoms with E-state index < -0.39 is 17.5 Å². The minimum absolute atomic E-state index is 0.301. The summed E-state index contributed by atoms with van der Waals surface area (Å²) in [6.45, 7) is 4.51. The van der Waals surface area contributed by atoms with Gasteiger partial charge in [0.1, 0.15) is 24.4 Å². The first-order chi connectivity index (χ1) is 13.8. The molecule has 2 N–H and O–H groups in total. The van der Waals surface area contributed by atoms with Gasteiger partial charge in [-0.2, -0.15) is 0 Å². The Kier molecular flexibility index (Phi) is 6.42. The Morgan fingerprint density at radius 2 is 2.00 bits per heavy atom. The zero-order valence-corrected chi connectivity index (χ0v) is 17.2. The van der Waals surface area contributed by atoms with E-state index in [1.807, 2.05) is 19.1 Å². The Hall–Kier alpha value is -2.61. The molecule has 1 aliphatic heterocycles. The number of ether oxygens (including phenoxy) is 2. The Morgan fingerprint density at radius 3 is 2.69 bits per heavy atom. The van der Waals surface area contributed by atoms with Crippen molar-refractivity contribution in [3.63, 3.8) is 0 Å². The number of nitrogens with zero attached hydrogens (tertiary/aromatic N) is 1. The lowest BCUT2D eigenvalue weighted by atomic mass is 9.77. The van der Waals surface area contributed by atoms with E-state index in [1.165, 1.54) is 0 Å². The van der Waals surface area contributed by atoms with Crippen LogP contribution in [-0.2, 0) is 14.3 Å². The molecule has 8 heteroatoms. The summed E-state index contributed by atoms with van der Waals surface area (Å²) in [5.41, 5.74) is 0.630. The van der Waals surface area contributed by atoms with E-state index in [0.717, 1.165) is 23.3 Å². The fourth-order valence-electron chi connectivity index (χ4n) is 3.83. The summed E-state index contributed by atoms with van der Waals surface area (Å²) in [5, 5.41) is 5.58. The number of amides is 4. The smallest absolute Gasteiger partial charge is 0.325 e. The molecule has 1 aromatic carbocycles. The summed E-state index contributed by atoms with van der Waals surface area (Å²) in [6, 6.07) is 4.91. The number of imide groups is 1. The molecule has 1 saturated heterocycles. The van der Waals surface area contributed by atoms with Gasteiger partial charge in [-0.3, -0.25) is 14.5 Å². The molecule has 4 amide bonds. The van der Waals surface area contributed by atoms with Gasteiger partial charge in [0.05, 0.1) is 12.3 Å². The van der Waals surface area contributed by atoms with Crippen molar-refractivity contribution in [1.29, 1.82) is 0 Å². The maximum atomic E-state index is 12.9. The number of methoxy groups -OCH3 is 1. The second-order valence-electron chi connectivity index (χ2n) is 7.98. The lowest BCUT2D eigenvalue weighted by molar-refractivity contribution is -0.135. The molecule has 2 aliphatic rings. The molecule has 1 aliphatic carbocycles. The lowest BCUT2D eigenvalue weighted by Gasteiger charge is -2.33. The minimum atomic E-state index is -0.845. The van der Waals surface area contributed by atoms with Crippen molar-refractivity contribution in [3.8, 4) is 5.75 Å². The number of urea groups is 1. The molecule has 0 unspecified atom stereocenters. The molecular weight excluding hydrogens is 374 g/mol. The van der Waals surface area contributed by atoms with E-state index >= 15 is 0 Å². The summed E-state index contributed by atoms with van der Waals surface area (Å²) in [6.07, 6.45) is 3.01. The van der Waals surface area contributed by atoms with Crippen LogP contribution in [0.2, 0.25) is 0 Å². The molecule has 1 spiro atoms. The molecule has 0 radical (unpaired) electrons. The number of nitrogens with one attached hydrogen (secondary N) is 2. The first-order valence-corrected chi connectivity index (χ1v) is 10.0. The average Bonchev–Trinajstić information content (AvgIpc) is 2.91. The quantitative estimate of drug-likeness (QED) is 0.538. The highest BCUT2D eigenvalue weighted by Gasteiger charge is 2.52. The monoisotopic (exact) mass is 403 g/mol. The SMILES string of the molecule is COCCOc1cc(C)ccc1NC(=O)CN1C(=O)NC2(CCC(C)CC2)C1=O. The summed E-state index contributed by atoms with van der Waals surface area (Å²) in [4.78, 5) is 38.9. The number of hydrogen-bond acceptors (Lipinski definition) is 5. The number of anilines is 1. The molecule has 3 rings (SSSR count). The summed E-state index contributed by atoms with van der Waals surface area (Å²) >= 11 is 0. The predicted molar refractivity (Wildman–Crippen MR) is 108 cm³/mol. The van der Waals surface area contributed by atoms with Crippen LogP contribution in [0.15, 0.2) is 18.2 Å². The van der Waals surface area contributed by atoms with Crippen LogP contribution in [0.1, 0.15) is 38.2 Å². The van der Waals surface area contributed by atoms with E-state index in [1.54, 1.807) is 13.2 Å².